The first-order valence-electron chi connectivity index (χ1n) is 5.57. The molecule has 1 aromatic carbocycles. The average molecular weight is 238 g/mol. The first kappa shape index (κ1) is 13.4. The van der Waals surface area contributed by atoms with Crippen molar-refractivity contribution in [3.05, 3.63) is 33.9 Å². The van der Waals surface area contributed by atoms with Crippen molar-refractivity contribution in [3.63, 3.8) is 0 Å². The van der Waals surface area contributed by atoms with Gasteiger partial charge in [0.1, 0.15) is 5.75 Å². The summed E-state index contributed by atoms with van der Waals surface area (Å²) in [7, 11) is 1.90. The molecule has 0 radical (unpaired) electrons. The largest absolute Gasteiger partial charge is 0.493 e. The molecule has 0 aliphatic carbocycles. The van der Waals surface area contributed by atoms with E-state index in [2.05, 4.69) is 12.2 Å². The van der Waals surface area contributed by atoms with Gasteiger partial charge in [-0.15, -0.1) is 0 Å². The summed E-state index contributed by atoms with van der Waals surface area (Å²) in [4.78, 5) is 10.3. The highest BCUT2D eigenvalue weighted by Gasteiger charge is 2.11. The number of benzene rings is 1. The molecular weight excluding hydrogens is 220 g/mol. The third-order valence-electron chi connectivity index (χ3n) is 2.45. The standard InChI is InChI=1S/C12H18N2O3/c1-9(7-13-3)8-17-11-4-5-12(14(15)16)10(2)6-11/h4-6,9,13H,7-8H2,1-3H3. The Morgan fingerprint density at radius 1 is 1.53 bits per heavy atom. The van der Waals surface area contributed by atoms with Crippen LogP contribution in [0.2, 0.25) is 0 Å². The highest BCUT2D eigenvalue weighted by molar-refractivity contribution is 5.44. The molecule has 0 saturated heterocycles. The second-order valence-electron chi connectivity index (χ2n) is 4.18. The third kappa shape index (κ3) is 4.03. The second-order valence-corrected chi connectivity index (χ2v) is 4.18. The van der Waals surface area contributed by atoms with Crippen molar-refractivity contribution in [3.8, 4) is 5.75 Å². The van der Waals surface area contributed by atoms with Crippen LogP contribution in [0, 0.1) is 23.0 Å². The van der Waals surface area contributed by atoms with Crippen molar-refractivity contribution in [2.45, 2.75) is 13.8 Å². The van der Waals surface area contributed by atoms with Crippen molar-refractivity contribution in [2.75, 3.05) is 20.2 Å². The van der Waals surface area contributed by atoms with Crippen molar-refractivity contribution >= 4 is 5.69 Å². The Bertz CT molecular complexity index is 393. The summed E-state index contributed by atoms with van der Waals surface area (Å²) < 4.78 is 5.57. The molecule has 1 rings (SSSR count). The SMILES string of the molecule is CNCC(C)COc1ccc([N+](=O)[O-])c(C)c1. The molecule has 0 aliphatic heterocycles. The molecule has 0 saturated carbocycles. The molecule has 1 unspecified atom stereocenters. The number of nitrogens with one attached hydrogen (secondary N) is 1. The first-order chi connectivity index (χ1) is 8.04. The van der Waals surface area contributed by atoms with Crippen LogP contribution in [-0.2, 0) is 0 Å². The molecule has 5 nitrogen and oxygen atoms in total. The number of aryl methyl sites for hydroxylation is 1. The van der Waals surface area contributed by atoms with Crippen LogP contribution in [0.3, 0.4) is 0 Å². The molecule has 0 fully saturated rings. The minimum Gasteiger partial charge on any atom is -0.493 e. The van der Waals surface area contributed by atoms with E-state index in [1.165, 1.54) is 6.07 Å². The lowest BCUT2D eigenvalue weighted by Gasteiger charge is -2.12. The van der Waals surface area contributed by atoms with Gasteiger partial charge in [0.05, 0.1) is 11.5 Å². The molecule has 0 heterocycles. The maximum absolute atomic E-state index is 10.6. The van der Waals surface area contributed by atoms with Gasteiger partial charge in [-0.2, -0.15) is 0 Å². The lowest BCUT2D eigenvalue weighted by Crippen LogP contribution is -2.21. The van der Waals surface area contributed by atoms with Crippen LogP contribution in [0.25, 0.3) is 0 Å². The molecule has 0 aromatic heterocycles. The zero-order valence-corrected chi connectivity index (χ0v) is 10.4. The average Bonchev–Trinajstić information content (AvgIpc) is 2.26. The Morgan fingerprint density at radius 2 is 2.24 bits per heavy atom. The van der Waals surface area contributed by atoms with Gasteiger partial charge in [-0.3, -0.25) is 10.1 Å². The fourth-order valence-corrected chi connectivity index (χ4v) is 1.57. The van der Waals surface area contributed by atoms with Gasteiger partial charge in [-0.1, -0.05) is 6.92 Å². The Morgan fingerprint density at radius 3 is 2.76 bits per heavy atom. The molecule has 94 valence electrons. The van der Waals surface area contributed by atoms with E-state index in [-0.39, 0.29) is 10.6 Å². The summed E-state index contributed by atoms with van der Waals surface area (Å²) in [6.45, 7) is 5.26. The summed E-state index contributed by atoms with van der Waals surface area (Å²) in [5, 5.41) is 13.7. The molecule has 1 N–H and O–H groups in total. The van der Waals surface area contributed by atoms with Crippen LogP contribution >= 0.6 is 0 Å². The smallest absolute Gasteiger partial charge is 0.272 e. The predicted molar refractivity (Wildman–Crippen MR) is 66.4 cm³/mol. The zero-order chi connectivity index (χ0) is 12.8. The normalized spacial score (nSPS) is 12.2. The quantitative estimate of drug-likeness (QED) is 0.609. The van der Waals surface area contributed by atoms with Gasteiger partial charge >= 0.3 is 0 Å². The van der Waals surface area contributed by atoms with Gasteiger partial charge in [0.25, 0.3) is 5.69 Å². The Labute approximate surface area is 101 Å². The monoisotopic (exact) mass is 238 g/mol. The van der Waals surface area contributed by atoms with Crippen LogP contribution in [0.5, 0.6) is 5.75 Å². The van der Waals surface area contributed by atoms with E-state index in [1.807, 2.05) is 7.05 Å². The number of hydrogen-bond donors (Lipinski definition) is 1. The highest BCUT2D eigenvalue weighted by atomic mass is 16.6. The maximum atomic E-state index is 10.6. The molecule has 0 amide bonds. The van der Waals surface area contributed by atoms with E-state index in [0.717, 1.165) is 6.54 Å². The first-order valence-corrected chi connectivity index (χ1v) is 5.57. The lowest BCUT2D eigenvalue weighted by atomic mass is 10.2. The van der Waals surface area contributed by atoms with E-state index in [4.69, 9.17) is 4.74 Å². The van der Waals surface area contributed by atoms with Gasteiger partial charge in [0.2, 0.25) is 0 Å². The second kappa shape index (κ2) is 6.20. The Hall–Kier alpha value is -1.62. The fourth-order valence-electron chi connectivity index (χ4n) is 1.57. The minimum atomic E-state index is -0.386. The highest BCUT2D eigenvalue weighted by Crippen LogP contribution is 2.23. The fraction of sp³-hybridized carbons (Fsp3) is 0.500. The predicted octanol–water partition coefficient (Wildman–Crippen LogP) is 2.14. The van der Waals surface area contributed by atoms with Crippen LogP contribution in [-0.4, -0.2) is 25.1 Å². The lowest BCUT2D eigenvalue weighted by molar-refractivity contribution is -0.385. The number of hydrogen-bond acceptors (Lipinski definition) is 4. The maximum Gasteiger partial charge on any atom is 0.272 e. The molecule has 1 aromatic rings. The number of rotatable bonds is 6. The molecule has 17 heavy (non-hydrogen) atoms. The summed E-state index contributed by atoms with van der Waals surface area (Å²) in [6.07, 6.45) is 0. The van der Waals surface area contributed by atoms with E-state index < -0.39 is 0 Å². The van der Waals surface area contributed by atoms with Gasteiger partial charge in [0, 0.05) is 24.1 Å². The Kier molecular flexibility index (Phi) is 4.90. The van der Waals surface area contributed by atoms with E-state index in [0.29, 0.717) is 23.8 Å². The number of ether oxygens (including phenoxy) is 1. The summed E-state index contributed by atoms with van der Waals surface area (Å²) in [5.74, 6) is 1.08. The molecule has 0 bridgehead atoms. The third-order valence-corrected chi connectivity index (χ3v) is 2.45. The number of nitro groups is 1. The van der Waals surface area contributed by atoms with Crippen LogP contribution in [0.15, 0.2) is 18.2 Å². The topological polar surface area (TPSA) is 64.4 Å². The van der Waals surface area contributed by atoms with Gasteiger partial charge in [-0.05, 0) is 26.1 Å². The van der Waals surface area contributed by atoms with E-state index in [9.17, 15) is 10.1 Å². The van der Waals surface area contributed by atoms with Gasteiger partial charge in [-0.25, -0.2) is 0 Å². The van der Waals surface area contributed by atoms with Gasteiger partial charge < -0.3 is 10.1 Å². The summed E-state index contributed by atoms with van der Waals surface area (Å²) >= 11 is 0. The van der Waals surface area contributed by atoms with Crippen molar-refractivity contribution in [1.29, 1.82) is 0 Å². The van der Waals surface area contributed by atoms with Crippen LogP contribution in [0.4, 0.5) is 5.69 Å². The van der Waals surface area contributed by atoms with Gasteiger partial charge in [0.15, 0.2) is 0 Å². The van der Waals surface area contributed by atoms with E-state index >= 15 is 0 Å². The molecular formula is C12H18N2O3. The number of nitrogens with zero attached hydrogens (tertiary/aromatic N) is 1. The summed E-state index contributed by atoms with van der Waals surface area (Å²) in [5.41, 5.74) is 0.745. The summed E-state index contributed by atoms with van der Waals surface area (Å²) in [6, 6.07) is 4.81. The zero-order valence-electron chi connectivity index (χ0n) is 10.4. The van der Waals surface area contributed by atoms with Crippen LogP contribution < -0.4 is 10.1 Å². The van der Waals surface area contributed by atoms with E-state index in [1.54, 1.807) is 19.1 Å². The van der Waals surface area contributed by atoms with Crippen molar-refractivity contribution in [1.82, 2.24) is 5.32 Å². The number of nitro benzene ring substituents is 1. The molecule has 0 spiro atoms. The van der Waals surface area contributed by atoms with Crippen molar-refractivity contribution < 1.29 is 9.66 Å². The minimum absolute atomic E-state index is 0.126. The molecule has 0 aliphatic rings. The van der Waals surface area contributed by atoms with Crippen molar-refractivity contribution in [2.24, 2.45) is 5.92 Å². The van der Waals surface area contributed by atoms with Crippen LogP contribution in [0.1, 0.15) is 12.5 Å². The Balaban J connectivity index is 2.62. The molecule has 1 atom stereocenters. The molecule has 5 heteroatoms.